The number of nitrogens with one attached hydrogen (secondary N) is 2. The molecule has 0 aromatic rings. The fraction of sp³-hybridized carbons (Fsp3) is 0.947. The number of rotatable bonds is 6. The van der Waals surface area contributed by atoms with E-state index in [0.717, 1.165) is 25.4 Å². The molecule has 2 aliphatic rings. The predicted octanol–water partition coefficient (Wildman–Crippen LogP) is 4.30. The minimum absolute atomic E-state index is 0. The van der Waals surface area contributed by atoms with Gasteiger partial charge in [-0.15, -0.1) is 12.4 Å². The smallest absolute Gasteiger partial charge is 0.220 e. The molecule has 1 saturated heterocycles. The highest BCUT2D eigenvalue weighted by Crippen LogP contribution is 2.32. The van der Waals surface area contributed by atoms with E-state index < -0.39 is 0 Å². The topological polar surface area (TPSA) is 41.1 Å². The number of carbonyl (C=O) groups is 1. The molecular formula is C19H37ClN2O. The van der Waals surface area contributed by atoms with Gasteiger partial charge in [-0.2, -0.15) is 0 Å². The third-order valence-corrected chi connectivity index (χ3v) is 5.62. The minimum atomic E-state index is 0. The number of hydrogen-bond donors (Lipinski definition) is 2. The molecular weight excluding hydrogens is 308 g/mol. The second-order valence-corrected chi connectivity index (χ2v) is 8.62. The maximum atomic E-state index is 12.4. The van der Waals surface area contributed by atoms with Crippen molar-refractivity contribution in [3.05, 3.63) is 0 Å². The Morgan fingerprint density at radius 1 is 1.13 bits per heavy atom. The van der Waals surface area contributed by atoms with Gasteiger partial charge in [0.05, 0.1) is 0 Å². The number of amides is 1. The molecule has 0 bridgehead atoms. The Balaban J connectivity index is 0.00000264. The molecule has 3 nitrogen and oxygen atoms in total. The van der Waals surface area contributed by atoms with Gasteiger partial charge >= 0.3 is 0 Å². The highest BCUT2D eigenvalue weighted by Gasteiger charge is 2.29. The monoisotopic (exact) mass is 344 g/mol. The maximum Gasteiger partial charge on any atom is 0.220 e. The second-order valence-electron chi connectivity index (χ2n) is 8.62. The molecule has 2 unspecified atom stereocenters. The lowest BCUT2D eigenvalue weighted by Gasteiger charge is -2.35. The van der Waals surface area contributed by atoms with Gasteiger partial charge in [0.15, 0.2) is 0 Å². The first-order valence-electron chi connectivity index (χ1n) is 9.45. The zero-order valence-corrected chi connectivity index (χ0v) is 16.1. The first-order valence-corrected chi connectivity index (χ1v) is 9.45. The van der Waals surface area contributed by atoms with E-state index >= 15 is 0 Å². The van der Waals surface area contributed by atoms with Gasteiger partial charge < -0.3 is 10.6 Å². The summed E-state index contributed by atoms with van der Waals surface area (Å²) in [5.74, 6) is 1.79. The quantitative estimate of drug-likeness (QED) is 0.754. The van der Waals surface area contributed by atoms with E-state index in [1.807, 2.05) is 0 Å². The number of carbonyl (C=O) groups excluding carboxylic acids is 1. The van der Waals surface area contributed by atoms with Crippen LogP contribution >= 0.6 is 12.4 Å². The van der Waals surface area contributed by atoms with Crippen LogP contribution < -0.4 is 10.6 Å². The third-order valence-electron chi connectivity index (χ3n) is 5.62. The summed E-state index contributed by atoms with van der Waals surface area (Å²) in [6.45, 7) is 9.02. The molecule has 1 amide bonds. The van der Waals surface area contributed by atoms with Crippen molar-refractivity contribution in [3.8, 4) is 0 Å². The molecule has 23 heavy (non-hydrogen) atoms. The van der Waals surface area contributed by atoms with Crippen molar-refractivity contribution in [1.29, 1.82) is 0 Å². The van der Waals surface area contributed by atoms with Gasteiger partial charge in [-0.1, -0.05) is 52.9 Å². The maximum absolute atomic E-state index is 12.4. The van der Waals surface area contributed by atoms with Crippen molar-refractivity contribution < 1.29 is 4.79 Å². The molecule has 4 heteroatoms. The number of hydrogen-bond acceptors (Lipinski definition) is 2. The number of halogens is 1. The Bertz CT molecular complexity index is 342. The lowest BCUT2D eigenvalue weighted by atomic mass is 9.77. The van der Waals surface area contributed by atoms with Crippen LogP contribution in [0.2, 0.25) is 0 Å². The predicted molar refractivity (Wildman–Crippen MR) is 100 cm³/mol. The van der Waals surface area contributed by atoms with Crippen LogP contribution in [0.15, 0.2) is 0 Å². The highest BCUT2D eigenvalue weighted by molar-refractivity contribution is 5.85. The van der Waals surface area contributed by atoms with E-state index in [9.17, 15) is 4.79 Å². The Hall–Kier alpha value is -0.280. The molecule has 1 aliphatic heterocycles. The molecule has 136 valence electrons. The molecule has 2 N–H and O–H groups in total. The van der Waals surface area contributed by atoms with Crippen LogP contribution in [0.1, 0.15) is 78.6 Å². The van der Waals surface area contributed by atoms with Crippen LogP contribution in [0, 0.1) is 17.3 Å². The molecule has 2 rings (SSSR count). The van der Waals surface area contributed by atoms with Crippen LogP contribution in [0.25, 0.3) is 0 Å². The van der Waals surface area contributed by atoms with Gasteiger partial charge in [0, 0.05) is 12.5 Å². The Kier molecular flexibility index (Phi) is 8.92. The van der Waals surface area contributed by atoms with Gasteiger partial charge in [0.25, 0.3) is 0 Å². The molecule has 0 aromatic carbocycles. The molecule has 1 aliphatic carbocycles. The van der Waals surface area contributed by atoms with Crippen molar-refractivity contribution in [3.63, 3.8) is 0 Å². The Morgan fingerprint density at radius 2 is 1.83 bits per heavy atom. The standard InChI is InChI=1S/C19H36N2O.ClH/c1-19(2,3)17(13-15-7-5-4-6-8-15)21-18(22)10-9-16-11-12-20-14-16;/h15-17,20H,4-14H2,1-3H3,(H,21,22);1H. The molecule has 0 radical (unpaired) electrons. The SMILES string of the molecule is CC(C)(C)C(CC1CCCCC1)NC(=O)CCC1CCNC1.Cl. The van der Waals surface area contributed by atoms with E-state index in [-0.39, 0.29) is 23.7 Å². The zero-order chi connectivity index (χ0) is 16.0. The molecule has 1 saturated carbocycles. The highest BCUT2D eigenvalue weighted by atomic mass is 35.5. The van der Waals surface area contributed by atoms with Crippen LogP contribution in [-0.4, -0.2) is 25.0 Å². The Labute approximate surface area is 149 Å². The molecule has 1 heterocycles. The van der Waals surface area contributed by atoms with E-state index in [1.165, 1.54) is 44.9 Å². The Morgan fingerprint density at radius 3 is 2.39 bits per heavy atom. The van der Waals surface area contributed by atoms with Crippen LogP contribution in [0.3, 0.4) is 0 Å². The first kappa shape index (κ1) is 20.8. The average Bonchev–Trinajstić information content (AvgIpc) is 2.98. The first-order chi connectivity index (χ1) is 10.4. The largest absolute Gasteiger partial charge is 0.353 e. The fourth-order valence-corrected chi connectivity index (χ4v) is 3.95. The van der Waals surface area contributed by atoms with Crippen molar-refractivity contribution in [2.75, 3.05) is 13.1 Å². The van der Waals surface area contributed by atoms with Gasteiger partial charge in [-0.3, -0.25) is 4.79 Å². The minimum Gasteiger partial charge on any atom is -0.353 e. The van der Waals surface area contributed by atoms with Crippen LogP contribution in [0.4, 0.5) is 0 Å². The van der Waals surface area contributed by atoms with Crippen molar-refractivity contribution in [2.24, 2.45) is 17.3 Å². The summed E-state index contributed by atoms with van der Waals surface area (Å²) in [4.78, 5) is 12.4. The third kappa shape index (κ3) is 7.43. The molecule has 0 spiro atoms. The summed E-state index contributed by atoms with van der Waals surface area (Å²) in [7, 11) is 0. The normalized spacial score (nSPS) is 24.0. The van der Waals surface area contributed by atoms with Crippen molar-refractivity contribution in [1.82, 2.24) is 10.6 Å². The molecule has 0 aromatic heterocycles. The lowest BCUT2D eigenvalue weighted by Crippen LogP contribution is -2.45. The van der Waals surface area contributed by atoms with E-state index in [2.05, 4.69) is 31.4 Å². The summed E-state index contributed by atoms with van der Waals surface area (Å²) < 4.78 is 0. The molecule has 2 fully saturated rings. The zero-order valence-electron chi connectivity index (χ0n) is 15.3. The summed E-state index contributed by atoms with van der Waals surface area (Å²) in [6, 6.07) is 0.324. The van der Waals surface area contributed by atoms with Crippen LogP contribution in [0.5, 0.6) is 0 Å². The van der Waals surface area contributed by atoms with Gasteiger partial charge in [0.2, 0.25) is 5.91 Å². The van der Waals surface area contributed by atoms with Crippen molar-refractivity contribution in [2.45, 2.75) is 84.6 Å². The summed E-state index contributed by atoms with van der Waals surface area (Å²) in [5.41, 5.74) is 0.155. The second kappa shape index (κ2) is 9.88. The summed E-state index contributed by atoms with van der Waals surface area (Å²) in [6.07, 6.45) is 11.0. The lowest BCUT2D eigenvalue weighted by molar-refractivity contribution is -0.123. The van der Waals surface area contributed by atoms with E-state index in [1.54, 1.807) is 0 Å². The van der Waals surface area contributed by atoms with E-state index in [4.69, 9.17) is 0 Å². The van der Waals surface area contributed by atoms with E-state index in [0.29, 0.717) is 18.4 Å². The summed E-state index contributed by atoms with van der Waals surface area (Å²) >= 11 is 0. The molecule has 2 atom stereocenters. The van der Waals surface area contributed by atoms with Gasteiger partial charge in [0.1, 0.15) is 0 Å². The summed E-state index contributed by atoms with van der Waals surface area (Å²) in [5, 5.41) is 6.75. The van der Waals surface area contributed by atoms with Crippen LogP contribution in [-0.2, 0) is 4.79 Å². The average molecular weight is 345 g/mol. The van der Waals surface area contributed by atoms with Gasteiger partial charge in [-0.05, 0) is 49.6 Å². The fourth-order valence-electron chi connectivity index (χ4n) is 3.95. The van der Waals surface area contributed by atoms with Crippen molar-refractivity contribution >= 4 is 18.3 Å². The van der Waals surface area contributed by atoms with Gasteiger partial charge in [-0.25, -0.2) is 0 Å².